The van der Waals surface area contributed by atoms with E-state index in [9.17, 15) is 0 Å². The van der Waals surface area contributed by atoms with Gasteiger partial charge in [0.2, 0.25) is 0 Å². The maximum Gasteiger partial charge on any atom is 0.161 e. The van der Waals surface area contributed by atoms with Crippen LogP contribution < -0.4 is 9.47 Å². The molecule has 0 saturated carbocycles. The van der Waals surface area contributed by atoms with Gasteiger partial charge in [-0.15, -0.1) is 11.6 Å². The van der Waals surface area contributed by atoms with Gasteiger partial charge < -0.3 is 14.6 Å². The second-order valence-corrected chi connectivity index (χ2v) is 3.40. The highest BCUT2D eigenvalue weighted by Crippen LogP contribution is 2.33. The summed E-state index contributed by atoms with van der Waals surface area (Å²) in [5.74, 6) is 1.65. The van der Waals surface area contributed by atoms with Crippen molar-refractivity contribution in [2.75, 3.05) is 12.5 Å². The van der Waals surface area contributed by atoms with Crippen molar-refractivity contribution in [2.24, 2.45) is 0 Å². The van der Waals surface area contributed by atoms with Crippen molar-refractivity contribution in [1.29, 1.82) is 0 Å². The summed E-state index contributed by atoms with van der Waals surface area (Å²) in [6, 6.07) is 7.36. The molecular formula is C10H11ClO3. The molecule has 0 bridgehead atoms. The van der Waals surface area contributed by atoms with E-state index in [1.807, 2.05) is 24.3 Å². The lowest BCUT2D eigenvalue weighted by Gasteiger charge is -2.31. The Morgan fingerprint density at radius 2 is 1.71 bits per heavy atom. The topological polar surface area (TPSA) is 38.7 Å². The Labute approximate surface area is 87.2 Å². The quantitative estimate of drug-likeness (QED) is 0.757. The smallest absolute Gasteiger partial charge is 0.161 e. The van der Waals surface area contributed by atoms with Crippen LogP contribution in [0.3, 0.4) is 0 Å². The summed E-state index contributed by atoms with van der Waals surface area (Å²) >= 11 is 5.70. The molecule has 1 aliphatic rings. The van der Waals surface area contributed by atoms with Gasteiger partial charge in [-0.25, -0.2) is 0 Å². The Morgan fingerprint density at radius 1 is 1.14 bits per heavy atom. The molecule has 1 aromatic rings. The van der Waals surface area contributed by atoms with Crippen molar-refractivity contribution in [3.05, 3.63) is 24.3 Å². The number of ether oxygens (including phenoxy) is 2. The van der Waals surface area contributed by atoms with Crippen molar-refractivity contribution in [1.82, 2.24) is 0 Å². The van der Waals surface area contributed by atoms with Crippen LogP contribution in [-0.4, -0.2) is 29.8 Å². The molecule has 0 radical (unpaired) electrons. The summed E-state index contributed by atoms with van der Waals surface area (Å²) in [4.78, 5) is 0. The summed E-state index contributed by atoms with van der Waals surface area (Å²) in [5.41, 5.74) is 0. The van der Waals surface area contributed by atoms with Gasteiger partial charge in [0, 0.05) is 0 Å². The number of hydrogen-bond donors (Lipinski definition) is 1. The lowest BCUT2D eigenvalue weighted by molar-refractivity contribution is -0.000228. The lowest BCUT2D eigenvalue weighted by Crippen LogP contribution is -2.43. The Kier molecular flexibility index (Phi) is 2.79. The molecule has 4 heteroatoms. The van der Waals surface area contributed by atoms with Gasteiger partial charge in [-0.3, -0.25) is 0 Å². The third kappa shape index (κ3) is 1.65. The Balaban J connectivity index is 2.25. The fourth-order valence-corrected chi connectivity index (χ4v) is 1.67. The van der Waals surface area contributed by atoms with Crippen molar-refractivity contribution >= 4 is 11.6 Å². The molecule has 0 aliphatic carbocycles. The zero-order valence-corrected chi connectivity index (χ0v) is 8.28. The molecule has 1 heterocycles. The van der Waals surface area contributed by atoms with E-state index in [4.69, 9.17) is 26.2 Å². The number of aliphatic hydroxyl groups excluding tert-OH is 1. The molecule has 14 heavy (non-hydrogen) atoms. The van der Waals surface area contributed by atoms with Gasteiger partial charge in [0.25, 0.3) is 0 Å². The highest BCUT2D eigenvalue weighted by Gasteiger charge is 2.29. The minimum Gasteiger partial charge on any atom is -0.481 e. The van der Waals surface area contributed by atoms with Crippen LogP contribution in [0.15, 0.2) is 24.3 Å². The molecule has 2 unspecified atom stereocenters. The van der Waals surface area contributed by atoms with Crippen LogP contribution in [0.25, 0.3) is 0 Å². The van der Waals surface area contributed by atoms with E-state index in [-0.39, 0.29) is 18.8 Å². The summed E-state index contributed by atoms with van der Waals surface area (Å²) in [7, 11) is 0. The second kappa shape index (κ2) is 4.07. The predicted molar refractivity (Wildman–Crippen MR) is 53.1 cm³/mol. The number of fused-ring (bicyclic) bond motifs is 1. The average Bonchev–Trinajstić information content (AvgIpc) is 2.27. The van der Waals surface area contributed by atoms with Crippen LogP contribution in [0.5, 0.6) is 11.5 Å². The van der Waals surface area contributed by atoms with Crippen LogP contribution >= 0.6 is 11.6 Å². The molecule has 2 rings (SSSR count). The molecule has 1 N–H and O–H groups in total. The zero-order valence-electron chi connectivity index (χ0n) is 7.52. The van der Waals surface area contributed by atoms with E-state index in [0.717, 1.165) is 0 Å². The molecule has 0 saturated heterocycles. The molecule has 3 nitrogen and oxygen atoms in total. The molecule has 0 aromatic heterocycles. The molecule has 0 fully saturated rings. The minimum absolute atomic E-state index is 0.0915. The Bertz CT molecular complexity index is 285. The first kappa shape index (κ1) is 9.62. The highest BCUT2D eigenvalue weighted by molar-refractivity contribution is 6.18. The van der Waals surface area contributed by atoms with Gasteiger partial charge in [0.15, 0.2) is 23.7 Å². The van der Waals surface area contributed by atoms with E-state index in [0.29, 0.717) is 17.4 Å². The third-order valence-corrected chi connectivity index (χ3v) is 2.46. The standard InChI is InChI=1S/C10H11ClO3/c11-5-9-10(6-12)14-8-4-2-1-3-7(8)13-9/h1-4,9-10,12H,5-6H2. The predicted octanol–water partition coefficient (Wildman–Crippen LogP) is 1.43. The summed E-state index contributed by atoms with van der Waals surface area (Å²) in [6.45, 7) is -0.0915. The van der Waals surface area contributed by atoms with Gasteiger partial charge in [-0.2, -0.15) is 0 Å². The van der Waals surface area contributed by atoms with Gasteiger partial charge in [-0.05, 0) is 12.1 Å². The first-order valence-corrected chi connectivity index (χ1v) is 4.97. The van der Waals surface area contributed by atoms with Crippen molar-refractivity contribution in [3.8, 4) is 11.5 Å². The van der Waals surface area contributed by atoms with E-state index in [1.54, 1.807) is 0 Å². The largest absolute Gasteiger partial charge is 0.481 e. The van der Waals surface area contributed by atoms with Crippen molar-refractivity contribution in [2.45, 2.75) is 12.2 Å². The number of hydrogen-bond acceptors (Lipinski definition) is 3. The molecule has 0 spiro atoms. The number of alkyl halides is 1. The SMILES string of the molecule is OCC1Oc2ccccc2OC1CCl. The highest BCUT2D eigenvalue weighted by atomic mass is 35.5. The summed E-state index contributed by atoms with van der Waals surface area (Å²) in [6.07, 6.45) is -0.654. The average molecular weight is 215 g/mol. The van der Waals surface area contributed by atoms with E-state index in [1.165, 1.54) is 0 Å². The van der Waals surface area contributed by atoms with Crippen molar-refractivity contribution in [3.63, 3.8) is 0 Å². The van der Waals surface area contributed by atoms with Crippen LogP contribution in [0, 0.1) is 0 Å². The fourth-order valence-electron chi connectivity index (χ4n) is 1.41. The molecule has 76 valence electrons. The molecular weight excluding hydrogens is 204 g/mol. The Hall–Kier alpha value is -0.930. The molecule has 0 amide bonds. The number of halogens is 1. The lowest BCUT2D eigenvalue weighted by atomic mass is 10.2. The van der Waals surface area contributed by atoms with Crippen LogP contribution in [0.4, 0.5) is 0 Å². The first-order chi connectivity index (χ1) is 6.85. The molecule has 1 aliphatic heterocycles. The third-order valence-electron chi connectivity index (χ3n) is 2.15. The summed E-state index contributed by atoms with van der Waals surface area (Å²) in [5, 5.41) is 9.05. The zero-order chi connectivity index (χ0) is 9.97. The van der Waals surface area contributed by atoms with Gasteiger partial charge in [0.05, 0.1) is 12.5 Å². The van der Waals surface area contributed by atoms with Gasteiger partial charge >= 0.3 is 0 Å². The maximum atomic E-state index is 9.05. The number of benzene rings is 1. The summed E-state index contributed by atoms with van der Waals surface area (Å²) < 4.78 is 11.1. The van der Waals surface area contributed by atoms with Crippen LogP contribution in [0.1, 0.15) is 0 Å². The van der Waals surface area contributed by atoms with Crippen molar-refractivity contribution < 1.29 is 14.6 Å². The fraction of sp³-hybridized carbons (Fsp3) is 0.400. The monoisotopic (exact) mass is 214 g/mol. The maximum absolute atomic E-state index is 9.05. The van der Waals surface area contributed by atoms with Gasteiger partial charge in [0.1, 0.15) is 0 Å². The first-order valence-electron chi connectivity index (χ1n) is 4.44. The molecule has 1 aromatic carbocycles. The second-order valence-electron chi connectivity index (χ2n) is 3.10. The van der Waals surface area contributed by atoms with E-state index < -0.39 is 0 Å². The Morgan fingerprint density at radius 3 is 2.21 bits per heavy atom. The van der Waals surface area contributed by atoms with Crippen LogP contribution in [0.2, 0.25) is 0 Å². The molecule has 2 atom stereocenters. The minimum atomic E-state index is -0.373. The van der Waals surface area contributed by atoms with E-state index >= 15 is 0 Å². The number of rotatable bonds is 2. The number of aliphatic hydroxyl groups is 1. The van der Waals surface area contributed by atoms with Gasteiger partial charge in [-0.1, -0.05) is 12.1 Å². The normalized spacial score (nSPS) is 24.7. The number of para-hydroxylation sites is 2. The van der Waals surface area contributed by atoms with Crippen LogP contribution in [-0.2, 0) is 0 Å². The van der Waals surface area contributed by atoms with E-state index in [2.05, 4.69) is 0 Å².